The van der Waals surface area contributed by atoms with Crippen LogP contribution in [0.15, 0.2) is 24.3 Å². The Morgan fingerprint density at radius 3 is 2.06 bits per heavy atom. The van der Waals surface area contributed by atoms with Crippen LogP contribution in [0.1, 0.15) is 45.7 Å². The second kappa shape index (κ2) is 4.58. The maximum atomic E-state index is 6.08. The Balaban J connectivity index is 2.77. The van der Waals surface area contributed by atoms with Gasteiger partial charge in [-0.1, -0.05) is 24.3 Å². The predicted molar refractivity (Wildman–Crippen MR) is 69.8 cm³/mol. The van der Waals surface area contributed by atoms with E-state index >= 15 is 0 Å². The molecule has 0 aromatic heterocycles. The third-order valence-corrected chi connectivity index (χ3v) is 2.46. The van der Waals surface area contributed by atoms with Gasteiger partial charge < -0.3 is 4.74 Å². The second-order valence-electron chi connectivity index (χ2n) is 6.08. The highest BCUT2D eigenvalue weighted by atomic mass is 16.5. The zero-order valence-electron chi connectivity index (χ0n) is 11.4. The summed E-state index contributed by atoms with van der Waals surface area (Å²) in [5, 5.41) is 0. The molecule has 0 radical (unpaired) electrons. The maximum absolute atomic E-state index is 6.08. The van der Waals surface area contributed by atoms with Gasteiger partial charge in [-0.3, -0.25) is 0 Å². The van der Waals surface area contributed by atoms with Gasteiger partial charge in [0, 0.05) is 6.42 Å². The Bertz CT molecular complexity index is 345. The molecule has 90 valence electrons. The summed E-state index contributed by atoms with van der Waals surface area (Å²) in [6.07, 6.45) is 0.955. The lowest BCUT2D eigenvalue weighted by molar-refractivity contribution is -0.111. The van der Waals surface area contributed by atoms with Crippen molar-refractivity contribution in [3.63, 3.8) is 0 Å². The van der Waals surface area contributed by atoms with E-state index in [0.717, 1.165) is 6.42 Å². The molecule has 0 saturated carbocycles. The molecule has 0 amide bonds. The molecular formula is C15H24O. The SMILES string of the molecule is Cc1ccccc1CC(C)(C)OC(C)(C)C. The summed E-state index contributed by atoms with van der Waals surface area (Å²) in [4.78, 5) is 0. The van der Waals surface area contributed by atoms with Crippen LogP contribution in [0.25, 0.3) is 0 Å². The highest BCUT2D eigenvalue weighted by Gasteiger charge is 2.26. The molecule has 0 atom stereocenters. The van der Waals surface area contributed by atoms with Gasteiger partial charge >= 0.3 is 0 Å². The molecular weight excluding hydrogens is 196 g/mol. The molecule has 0 aliphatic heterocycles. The fourth-order valence-corrected chi connectivity index (χ4v) is 2.13. The molecule has 0 aliphatic rings. The number of ether oxygens (including phenoxy) is 1. The topological polar surface area (TPSA) is 9.23 Å². The van der Waals surface area contributed by atoms with Crippen molar-refractivity contribution in [3.8, 4) is 0 Å². The monoisotopic (exact) mass is 220 g/mol. The van der Waals surface area contributed by atoms with Gasteiger partial charge in [-0.25, -0.2) is 0 Å². The lowest BCUT2D eigenvalue weighted by Crippen LogP contribution is -2.36. The molecule has 0 spiro atoms. The van der Waals surface area contributed by atoms with Gasteiger partial charge in [-0.05, 0) is 52.7 Å². The summed E-state index contributed by atoms with van der Waals surface area (Å²) in [6, 6.07) is 8.51. The number of benzene rings is 1. The summed E-state index contributed by atoms with van der Waals surface area (Å²) < 4.78 is 6.08. The quantitative estimate of drug-likeness (QED) is 0.744. The number of aryl methyl sites for hydroxylation is 1. The van der Waals surface area contributed by atoms with Crippen molar-refractivity contribution < 1.29 is 4.74 Å². The molecule has 0 bridgehead atoms. The third-order valence-electron chi connectivity index (χ3n) is 2.46. The Hall–Kier alpha value is -0.820. The summed E-state index contributed by atoms with van der Waals surface area (Å²) >= 11 is 0. The van der Waals surface area contributed by atoms with Gasteiger partial charge in [0.25, 0.3) is 0 Å². The largest absolute Gasteiger partial charge is 0.370 e. The maximum Gasteiger partial charge on any atom is 0.0673 e. The van der Waals surface area contributed by atoms with Gasteiger partial charge in [0.2, 0.25) is 0 Å². The van der Waals surface area contributed by atoms with Crippen molar-refractivity contribution in [1.82, 2.24) is 0 Å². The fourth-order valence-electron chi connectivity index (χ4n) is 2.13. The average Bonchev–Trinajstić information content (AvgIpc) is 2.04. The molecule has 0 fully saturated rings. The van der Waals surface area contributed by atoms with E-state index in [1.165, 1.54) is 11.1 Å². The van der Waals surface area contributed by atoms with Crippen molar-refractivity contribution in [1.29, 1.82) is 0 Å². The molecule has 0 unspecified atom stereocenters. The Labute approximate surface area is 99.8 Å². The van der Waals surface area contributed by atoms with Crippen LogP contribution in [-0.2, 0) is 11.2 Å². The first-order chi connectivity index (χ1) is 7.20. The van der Waals surface area contributed by atoms with Crippen LogP contribution in [0.3, 0.4) is 0 Å². The molecule has 0 heterocycles. The van der Waals surface area contributed by atoms with Crippen molar-refractivity contribution in [2.24, 2.45) is 0 Å². The van der Waals surface area contributed by atoms with Gasteiger partial charge in [-0.2, -0.15) is 0 Å². The Morgan fingerprint density at radius 2 is 1.56 bits per heavy atom. The van der Waals surface area contributed by atoms with Crippen LogP contribution >= 0.6 is 0 Å². The van der Waals surface area contributed by atoms with E-state index in [4.69, 9.17) is 4.74 Å². The van der Waals surface area contributed by atoms with Crippen LogP contribution in [0, 0.1) is 6.92 Å². The van der Waals surface area contributed by atoms with E-state index in [1.807, 2.05) is 0 Å². The van der Waals surface area contributed by atoms with Crippen LogP contribution in [-0.4, -0.2) is 11.2 Å². The van der Waals surface area contributed by atoms with Crippen molar-refractivity contribution >= 4 is 0 Å². The molecule has 0 saturated heterocycles. The molecule has 16 heavy (non-hydrogen) atoms. The minimum Gasteiger partial charge on any atom is -0.370 e. The molecule has 1 aromatic rings. The highest BCUT2D eigenvalue weighted by molar-refractivity contribution is 5.26. The second-order valence-corrected chi connectivity index (χ2v) is 6.08. The normalized spacial score (nSPS) is 12.9. The lowest BCUT2D eigenvalue weighted by atomic mass is 9.94. The highest BCUT2D eigenvalue weighted by Crippen LogP contribution is 2.24. The minimum absolute atomic E-state index is 0.0911. The van der Waals surface area contributed by atoms with E-state index in [0.29, 0.717) is 0 Å². The van der Waals surface area contributed by atoms with E-state index in [-0.39, 0.29) is 11.2 Å². The van der Waals surface area contributed by atoms with Crippen molar-refractivity contribution in [2.75, 3.05) is 0 Å². The average molecular weight is 220 g/mol. The summed E-state index contributed by atoms with van der Waals surface area (Å²) in [6.45, 7) is 12.8. The van der Waals surface area contributed by atoms with Crippen molar-refractivity contribution in [3.05, 3.63) is 35.4 Å². The van der Waals surface area contributed by atoms with Gasteiger partial charge in [0.1, 0.15) is 0 Å². The first-order valence-electron chi connectivity index (χ1n) is 5.94. The molecule has 1 heteroatoms. The van der Waals surface area contributed by atoms with Crippen LogP contribution in [0.4, 0.5) is 0 Å². The van der Waals surface area contributed by atoms with E-state index in [2.05, 4.69) is 65.8 Å². The van der Waals surface area contributed by atoms with E-state index < -0.39 is 0 Å². The fraction of sp³-hybridized carbons (Fsp3) is 0.600. The Morgan fingerprint density at radius 1 is 1.00 bits per heavy atom. The standard InChI is InChI=1S/C15H24O/c1-12-9-7-8-10-13(12)11-15(5,6)16-14(2,3)4/h7-10H,11H2,1-6H3. The lowest BCUT2D eigenvalue weighted by Gasteiger charge is -2.34. The molecule has 1 aromatic carbocycles. The number of hydrogen-bond acceptors (Lipinski definition) is 1. The number of hydrogen-bond donors (Lipinski definition) is 0. The first-order valence-corrected chi connectivity index (χ1v) is 5.94. The zero-order valence-corrected chi connectivity index (χ0v) is 11.4. The minimum atomic E-state index is -0.121. The van der Waals surface area contributed by atoms with Crippen LogP contribution < -0.4 is 0 Å². The summed E-state index contributed by atoms with van der Waals surface area (Å²) in [5.74, 6) is 0. The van der Waals surface area contributed by atoms with Crippen LogP contribution in [0.2, 0.25) is 0 Å². The van der Waals surface area contributed by atoms with E-state index in [1.54, 1.807) is 0 Å². The zero-order chi connectivity index (χ0) is 12.4. The Kier molecular flexibility index (Phi) is 3.80. The first kappa shape index (κ1) is 13.2. The van der Waals surface area contributed by atoms with Crippen molar-refractivity contribution in [2.45, 2.75) is 59.2 Å². The summed E-state index contributed by atoms with van der Waals surface area (Å²) in [5.41, 5.74) is 2.50. The molecule has 1 nitrogen and oxygen atoms in total. The molecule has 0 N–H and O–H groups in total. The number of rotatable bonds is 3. The molecule has 0 aliphatic carbocycles. The van der Waals surface area contributed by atoms with E-state index in [9.17, 15) is 0 Å². The molecule has 1 rings (SSSR count). The van der Waals surface area contributed by atoms with Gasteiger partial charge in [0.15, 0.2) is 0 Å². The third kappa shape index (κ3) is 4.36. The van der Waals surface area contributed by atoms with Crippen LogP contribution in [0.5, 0.6) is 0 Å². The van der Waals surface area contributed by atoms with Gasteiger partial charge in [-0.15, -0.1) is 0 Å². The predicted octanol–water partition coefficient (Wildman–Crippen LogP) is 4.13. The smallest absolute Gasteiger partial charge is 0.0673 e. The summed E-state index contributed by atoms with van der Waals surface area (Å²) in [7, 11) is 0. The van der Waals surface area contributed by atoms with Gasteiger partial charge in [0.05, 0.1) is 11.2 Å².